The van der Waals surface area contributed by atoms with E-state index >= 15 is 0 Å². The Kier molecular flexibility index (Phi) is 7.21. The van der Waals surface area contributed by atoms with Crippen LogP contribution in [0.15, 0.2) is 224 Å². The second kappa shape index (κ2) is 12.8. The van der Waals surface area contributed by atoms with Crippen molar-refractivity contribution in [2.45, 2.75) is 5.41 Å². The number of rotatable bonds is 5. The van der Waals surface area contributed by atoms with Gasteiger partial charge >= 0.3 is 0 Å². The molecular formula is C57H37N. The molecule has 2 aliphatic rings. The minimum Gasteiger partial charge on any atom is -0.310 e. The highest BCUT2D eigenvalue weighted by Gasteiger charge is 2.51. The van der Waals surface area contributed by atoms with Crippen LogP contribution >= 0.6 is 0 Å². The van der Waals surface area contributed by atoms with E-state index in [1.54, 1.807) is 0 Å². The fourth-order valence-electron chi connectivity index (χ4n) is 10.1. The summed E-state index contributed by atoms with van der Waals surface area (Å²) in [4.78, 5) is 2.43. The van der Waals surface area contributed by atoms with Crippen LogP contribution in [0.25, 0.3) is 66.1 Å². The highest BCUT2D eigenvalue weighted by molar-refractivity contribution is 6.01. The van der Waals surface area contributed by atoms with Crippen LogP contribution in [-0.4, -0.2) is 0 Å². The van der Waals surface area contributed by atoms with E-state index in [2.05, 4.69) is 229 Å². The van der Waals surface area contributed by atoms with Crippen molar-refractivity contribution in [1.29, 1.82) is 0 Å². The highest BCUT2D eigenvalue weighted by atomic mass is 15.1. The number of fused-ring (bicyclic) bond motifs is 12. The predicted molar refractivity (Wildman–Crippen MR) is 243 cm³/mol. The first-order chi connectivity index (χ1) is 28.8. The summed E-state index contributed by atoms with van der Waals surface area (Å²) in [5, 5.41) is 4.96. The van der Waals surface area contributed by atoms with Gasteiger partial charge in [0.15, 0.2) is 0 Å². The van der Waals surface area contributed by atoms with Crippen LogP contribution in [0.4, 0.5) is 17.1 Å². The summed E-state index contributed by atoms with van der Waals surface area (Å²) < 4.78 is 0. The normalized spacial score (nSPS) is 13.0. The Morgan fingerprint density at radius 1 is 0.259 bits per heavy atom. The Morgan fingerprint density at radius 3 is 1.48 bits per heavy atom. The summed E-state index contributed by atoms with van der Waals surface area (Å²) in [7, 11) is 0. The number of nitrogens with zero attached hydrogens (tertiary/aromatic N) is 1. The molecule has 0 N–H and O–H groups in total. The van der Waals surface area contributed by atoms with Gasteiger partial charge in [0.05, 0.1) is 5.41 Å². The molecule has 1 spiro atoms. The van der Waals surface area contributed by atoms with E-state index in [0.717, 1.165) is 17.1 Å². The summed E-state index contributed by atoms with van der Waals surface area (Å²) in [6.07, 6.45) is 0. The van der Waals surface area contributed by atoms with Gasteiger partial charge in [-0.15, -0.1) is 0 Å². The summed E-state index contributed by atoms with van der Waals surface area (Å²) in [6.45, 7) is 0. The molecule has 12 rings (SSSR count). The lowest BCUT2D eigenvalue weighted by Crippen LogP contribution is -2.25. The first-order valence-corrected chi connectivity index (χ1v) is 20.2. The molecule has 1 heteroatoms. The zero-order chi connectivity index (χ0) is 38.2. The molecule has 10 aromatic rings. The molecule has 0 bridgehead atoms. The average molecular weight is 736 g/mol. The molecule has 0 fully saturated rings. The number of hydrogen-bond donors (Lipinski definition) is 0. The molecular weight excluding hydrogens is 699 g/mol. The molecule has 0 radical (unpaired) electrons. The molecule has 270 valence electrons. The monoisotopic (exact) mass is 735 g/mol. The van der Waals surface area contributed by atoms with E-state index in [9.17, 15) is 0 Å². The van der Waals surface area contributed by atoms with Crippen LogP contribution in [-0.2, 0) is 5.41 Å². The van der Waals surface area contributed by atoms with E-state index in [1.807, 2.05) is 0 Å². The Morgan fingerprint density at radius 2 is 0.741 bits per heavy atom. The van der Waals surface area contributed by atoms with Crippen LogP contribution in [0, 0.1) is 0 Å². The molecule has 0 unspecified atom stereocenters. The van der Waals surface area contributed by atoms with Gasteiger partial charge < -0.3 is 4.90 Å². The second-order valence-corrected chi connectivity index (χ2v) is 15.6. The lowest BCUT2D eigenvalue weighted by molar-refractivity contribution is 0.794. The van der Waals surface area contributed by atoms with Gasteiger partial charge in [0, 0.05) is 17.1 Å². The SMILES string of the molecule is c1ccc(-c2ccc(N(c3ccc4c(c3)-c3ccccc3C43c4ccccc4-c4ccccc43)c3ccc4cc(-c5cccc6ccccc56)ccc4c3)cc2)cc1. The highest BCUT2D eigenvalue weighted by Crippen LogP contribution is 2.63. The summed E-state index contributed by atoms with van der Waals surface area (Å²) in [5.41, 5.74) is 18.5. The molecule has 0 saturated carbocycles. The average Bonchev–Trinajstić information content (AvgIpc) is 3.76. The van der Waals surface area contributed by atoms with Gasteiger partial charge in [0.25, 0.3) is 0 Å². The molecule has 10 aromatic carbocycles. The first kappa shape index (κ1) is 32.7. The second-order valence-electron chi connectivity index (χ2n) is 15.6. The predicted octanol–water partition coefficient (Wildman–Crippen LogP) is 15.1. The third-order valence-electron chi connectivity index (χ3n) is 12.7. The van der Waals surface area contributed by atoms with Crippen LogP contribution < -0.4 is 4.90 Å². The maximum Gasteiger partial charge on any atom is 0.0725 e. The third-order valence-corrected chi connectivity index (χ3v) is 12.7. The van der Waals surface area contributed by atoms with Gasteiger partial charge in [-0.2, -0.15) is 0 Å². The van der Waals surface area contributed by atoms with Crippen molar-refractivity contribution in [2.75, 3.05) is 4.90 Å². The van der Waals surface area contributed by atoms with Crippen molar-refractivity contribution in [1.82, 2.24) is 0 Å². The quantitative estimate of drug-likeness (QED) is 0.170. The van der Waals surface area contributed by atoms with E-state index in [4.69, 9.17) is 0 Å². The molecule has 0 amide bonds. The standard InChI is InChI=1S/C57H37N/c1-2-13-38(14-3-1)39-27-30-44(31-28-39)58(45-32-29-41-35-43(26-25-42(41)36-45)48-21-12-16-40-15-4-5-17-47(40)48)46-33-34-56-52(37-46)51-20-8-11-24-55(51)57(56)53-22-9-6-18-49(53)50-19-7-10-23-54(50)57/h1-37H. The van der Waals surface area contributed by atoms with Crippen molar-refractivity contribution in [2.24, 2.45) is 0 Å². The van der Waals surface area contributed by atoms with Crippen molar-refractivity contribution in [3.63, 3.8) is 0 Å². The minimum atomic E-state index is -0.370. The van der Waals surface area contributed by atoms with E-state index in [1.165, 1.54) is 88.3 Å². The van der Waals surface area contributed by atoms with Crippen molar-refractivity contribution >= 4 is 38.6 Å². The topological polar surface area (TPSA) is 3.24 Å². The van der Waals surface area contributed by atoms with Gasteiger partial charge in [0.1, 0.15) is 0 Å². The molecule has 0 atom stereocenters. The van der Waals surface area contributed by atoms with E-state index in [0.29, 0.717) is 0 Å². The summed E-state index contributed by atoms with van der Waals surface area (Å²) >= 11 is 0. The molecule has 0 heterocycles. The number of benzene rings is 10. The summed E-state index contributed by atoms with van der Waals surface area (Å²) in [6, 6.07) is 83.0. The van der Waals surface area contributed by atoms with Crippen LogP contribution in [0.1, 0.15) is 22.3 Å². The maximum atomic E-state index is 2.44. The fraction of sp³-hybridized carbons (Fsp3) is 0.0175. The van der Waals surface area contributed by atoms with Gasteiger partial charge in [0.2, 0.25) is 0 Å². The Balaban J connectivity index is 1.03. The zero-order valence-electron chi connectivity index (χ0n) is 31.8. The fourth-order valence-corrected chi connectivity index (χ4v) is 10.1. The lowest BCUT2D eigenvalue weighted by atomic mass is 9.70. The Bertz CT molecular complexity index is 3180. The lowest BCUT2D eigenvalue weighted by Gasteiger charge is -2.31. The van der Waals surface area contributed by atoms with Crippen LogP contribution in [0.2, 0.25) is 0 Å². The molecule has 2 aliphatic carbocycles. The Hall–Kier alpha value is -7.48. The largest absolute Gasteiger partial charge is 0.310 e. The summed E-state index contributed by atoms with van der Waals surface area (Å²) in [5.74, 6) is 0. The minimum absolute atomic E-state index is 0.370. The molecule has 0 saturated heterocycles. The Labute approximate surface area is 338 Å². The van der Waals surface area contributed by atoms with E-state index in [-0.39, 0.29) is 5.41 Å². The number of anilines is 3. The number of hydrogen-bond acceptors (Lipinski definition) is 1. The zero-order valence-corrected chi connectivity index (χ0v) is 31.8. The molecule has 0 aliphatic heterocycles. The van der Waals surface area contributed by atoms with Gasteiger partial charge in [-0.25, -0.2) is 0 Å². The van der Waals surface area contributed by atoms with Gasteiger partial charge in [-0.1, -0.05) is 182 Å². The smallest absolute Gasteiger partial charge is 0.0725 e. The maximum absolute atomic E-state index is 2.44. The first-order valence-electron chi connectivity index (χ1n) is 20.2. The van der Waals surface area contributed by atoms with Crippen LogP contribution in [0.5, 0.6) is 0 Å². The molecule has 0 aromatic heterocycles. The molecule has 58 heavy (non-hydrogen) atoms. The van der Waals surface area contributed by atoms with Crippen molar-refractivity contribution < 1.29 is 0 Å². The van der Waals surface area contributed by atoms with Crippen LogP contribution in [0.3, 0.4) is 0 Å². The van der Waals surface area contributed by atoms with Crippen molar-refractivity contribution in [3.05, 3.63) is 247 Å². The van der Waals surface area contributed by atoms with Crippen molar-refractivity contribution in [3.8, 4) is 44.5 Å². The van der Waals surface area contributed by atoms with E-state index < -0.39 is 0 Å². The third kappa shape index (κ3) is 4.77. The molecule has 1 nitrogen and oxygen atoms in total. The van der Waals surface area contributed by atoms with Gasteiger partial charge in [-0.05, 0) is 131 Å². The van der Waals surface area contributed by atoms with Gasteiger partial charge in [-0.3, -0.25) is 0 Å².